The lowest BCUT2D eigenvalue weighted by Gasteiger charge is -2.28. The highest BCUT2D eigenvalue weighted by Gasteiger charge is 2.53. The number of ether oxygens (including phenoxy) is 1. The molecular weight excluding hydrogens is 503 g/mol. The van der Waals surface area contributed by atoms with Crippen molar-refractivity contribution in [2.24, 2.45) is 0 Å². The van der Waals surface area contributed by atoms with Gasteiger partial charge in [0.05, 0.1) is 19.2 Å². The number of fused-ring (bicyclic) bond motifs is 2. The van der Waals surface area contributed by atoms with Crippen LogP contribution in [0.2, 0.25) is 0 Å². The Morgan fingerprint density at radius 3 is 2.68 bits per heavy atom. The van der Waals surface area contributed by atoms with Gasteiger partial charge in [-0.3, -0.25) is 25.0 Å². The van der Waals surface area contributed by atoms with E-state index in [1.54, 1.807) is 19.1 Å². The number of hydrogen-bond donors (Lipinski definition) is 5. The van der Waals surface area contributed by atoms with E-state index in [9.17, 15) is 28.7 Å². The molecule has 2 saturated heterocycles. The summed E-state index contributed by atoms with van der Waals surface area (Å²) >= 11 is 0. The van der Waals surface area contributed by atoms with E-state index in [0.29, 0.717) is 16.5 Å². The first-order valence-electron chi connectivity index (χ1n) is 11.5. The zero-order valence-electron chi connectivity index (χ0n) is 20.0. The molecule has 14 heteroatoms. The Morgan fingerprint density at radius 2 is 2.03 bits per heavy atom. The van der Waals surface area contributed by atoms with Crippen molar-refractivity contribution in [3.8, 4) is 5.75 Å². The van der Waals surface area contributed by atoms with Crippen LogP contribution in [0.5, 0.6) is 5.75 Å². The molecule has 13 nitrogen and oxygen atoms in total. The van der Waals surface area contributed by atoms with Crippen molar-refractivity contribution >= 4 is 34.9 Å². The zero-order valence-corrected chi connectivity index (χ0v) is 20.0. The molecule has 0 aliphatic carbocycles. The predicted molar refractivity (Wildman–Crippen MR) is 125 cm³/mol. The van der Waals surface area contributed by atoms with Crippen molar-refractivity contribution < 1.29 is 37.8 Å². The van der Waals surface area contributed by atoms with E-state index in [-0.39, 0.29) is 35.9 Å². The summed E-state index contributed by atoms with van der Waals surface area (Å²) in [4.78, 5) is 56.4. The Labute approximate surface area is 213 Å². The van der Waals surface area contributed by atoms with Crippen LogP contribution < -0.4 is 26.0 Å². The number of aliphatic hydroxyl groups excluding tert-OH is 1. The summed E-state index contributed by atoms with van der Waals surface area (Å²) in [6.07, 6.45) is 0.146. The molecular formula is C24H21FN6O7. The van der Waals surface area contributed by atoms with Crippen molar-refractivity contribution in [2.45, 2.75) is 30.9 Å². The van der Waals surface area contributed by atoms with Crippen LogP contribution in [0.3, 0.4) is 0 Å². The van der Waals surface area contributed by atoms with Gasteiger partial charge in [-0.05, 0) is 30.7 Å². The molecule has 3 aromatic rings. The number of urea groups is 1. The van der Waals surface area contributed by atoms with Gasteiger partial charge in [0, 0.05) is 23.7 Å². The monoisotopic (exact) mass is 524 g/mol. The number of imide groups is 1. The van der Waals surface area contributed by atoms with Crippen molar-refractivity contribution in [3.63, 3.8) is 0 Å². The lowest BCUT2D eigenvalue weighted by molar-refractivity contribution is -0.125. The number of pyridine rings is 1. The highest BCUT2D eigenvalue weighted by Crippen LogP contribution is 2.37. The second-order valence-corrected chi connectivity index (χ2v) is 9.47. The Balaban J connectivity index is 1.38. The maximum Gasteiger partial charge on any atom is 0.322 e. The first-order chi connectivity index (χ1) is 18.1. The van der Waals surface area contributed by atoms with E-state index in [4.69, 9.17) is 9.15 Å². The highest BCUT2D eigenvalue weighted by molar-refractivity contribution is 6.08. The molecule has 5 heterocycles. The van der Waals surface area contributed by atoms with E-state index in [0.717, 1.165) is 0 Å². The summed E-state index contributed by atoms with van der Waals surface area (Å²) in [6.45, 7) is 1.20. The number of amides is 5. The summed E-state index contributed by atoms with van der Waals surface area (Å²) in [5, 5.41) is 20.0. The van der Waals surface area contributed by atoms with Gasteiger partial charge in [-0.15, -0.1) is 0 Å². The number of rotatable bonds is 5. The number of benzene rings is 1. The molecule has 3 atom stereocenters. The van der Waals surface area contributed by atoms with Crippen molar-refractivity contribution in [1.82, 2.24) is 31.2 Å². The molecule has 5 amide bonds. The smallest absolute Gasteiger partial charge is 0.322 e. The van der Waals surface area contributed by atoms with Crippen molar-refractivity contribution in [1.29, 1.82) is 0 Å². The number of halogens is 1. The topological polar surface area (TPSA) is 175 Å². The maximum atomic E-state index is 14.9. The standard InChI is InChI=1S/C24H21FN6O7/c1-23(19(33)27-21(35)29-23)12-5-11-6-14(38-17(11)26-7-12)24(20(34)28-22(36)30-24)9-31-8-10-3-4-13(37-2)16(25)15(10)18(31)32/h3-7,21,29,35H,8-9H2,1-2H3,(H,27,33)(H2,28,30,34,36). The van der Waals surface area contributed by atoms with Crippen LogP contribution in [0.15, 0.2) is 34.9 Å². The number of furan rings is 1. The second kappa shape index (κ2) is 7.97. The van der Waals surface area contributed by atoms with Gasteiger partial charge >= 0.3 is 6.03 Å². The summed E-state index contributed by atoms with van der Waals surface area (Å²) in [6, 6.07) is 5.25. The van der Waals surface area contributed by atoms with E-state index < -0.39 is 47.0 Å². The first-order valence-corrected chi connectivity index (χ1v) is 11.5. The van der Waals surface area contributed by atoms with Crippen LogP contribution in [0.25, 0.3) is 11.1 Å². The van der Waals surface area contributed by atoms with Gasteiger partial charge in [0.1, 0.15) is 11.3 Å². The van der Waals surface area contributed by atoms with Gasteiger partial charge in [0.25, 0.3) is 11.8 Å². The summed E-state index contributed by atoms with van der Waals surface area (Å²) in [7, 11) is 1.29. The summed E-state index contributed by atoms with van der Waals surface area (Å²) in [5.74, 6) is -2.83. The normalized spacial score (nSPS) is 26.5. The average molecular weight is 524 g/mol. The van der Waals surface area contributed by atoms with E-state index >= 15 is 0 Å². The molecule has 1 aromatic carbocycles. The highest BCUT2D eigenvalue weighted by atomic mass is 19.1. The molecule has 3 unspecified atom stereocenters. The fourth-order valence-electron chi connectivity index (χ4n) is 5.10. The molecule has 3 aliphatic rings. The number of aromatic nitrogens is 1. The van der Waals surface area contributed by atoms with Crippen molar-refractivity contribution in [2.75, 3.05) is 13.7 Å². The first kappa shape index (κ1) is 23.8. The molecule has 196 valence electrons. The number of aliphatic hydroxyl groups is 1. The quantitative estimate of drug-likeness (QED) is 0.285. The number of carbonyl (C=O) groups is 4. The second-order valence-electron chi connectivity index (χ2n) is 9.47. The van der Waals surface area contributed by atoms with E-state index in [2.05, 4.69) is 26.3 Å². The van der Waals surface area contributed by atoms with E-state index in [1.165, 1.54) is 30.3 Å². The number of nitrogens with one attached hydrogen (secondary N) is 4. The summed E-state index contributed by atoms with van der Waals surface area (Å²) in [5.41, 5.74) is -2.37. The van der Waals surface area contributed by atoms with Gasteiger partial charge in [0.15, 0.2) is 23.5 Å². The molecule has 38 heavy (non-hydrogen) atoms. The van der Waals surface area contributed by atoms with Gasteiger partial charge in [0.2, 0.25) is 11.6 Å². The molecule has 2 fully saturated rings. The molecule has 2 aromatic heterocycles. The molecule has 0 spiro atoms. The van der Waals surface area contributed by atoms with Crippen LogP contribution in [-0.2, 0) is 27.2 Å². The Morgan fingerprint density at radius 1 is 1.24 bits per heavy atom. The Kier molecular flexibility index (Phi) is 4.99. The number of hydrogen-bond acceptors (Lipinski definition) is 9. The fourth-order valence-corrected chi connectivity index (χ4v) is 5.10. The lowest BCUT2D eigenvalue weighted by Crippen LogP contribution is -2.52. The van der Waals surface area contributed by atoms with Crippen LogP contribution in [0.4, 0.5) is 9.18 Å². The largest absolute Gasteiger partial charge is 0.494 e. The Bertz CT molecular complexity index is 1570. The molecule has 0 radical (unpaired) electrons. The third kappa shape index (κ3) is 3.27. The van der Waals surface area contributed by atoms with Gasteiger partial charge < -0.3 is 29.8 Å². The number of carbonyl (C=O) groups excluding carboxylic acids is 4. The molecule has 5 N–H and O–H groups in total. The van der Waals surface area contributed by atoms with Gasteiger partial charge in [-0.1, -0.05) is 6.07 Å². The minimum absolute atomic E-state index is 0.00985. The van der Waals surface area contributed by atoms with Crippen molar-refractivity contribution in [3.05, 3.63) is 58.7 Å². The fraction of sp³-hybridized carbons (Fsp3) is 0.292. The third-order valence-electron chi connectivity index (χ3n) is 7.16. The Hall–Kier alpha value is -4.56. The molecule has 6 rings (SSSR count). The van der Waals surface area contributed by atoms with Gasteiger partial charge in [-0.2, -0.15) is 0 Å². The number of nitrogens with zero attached hydrogens (tertiary/aromatic N) is 2. The number of methoxy groups -OCH3 is 1. The van der Waals surface area contributed by atoms with Gasteiger partial charge in [-0.25, -0.2) is 14.2 Å². The van der Waals surface area contributed by atoms with E-state index in [1.807, 2.05) is 0 Å². The zero-order chi connectivity index (χ0) is 27.0. The average Bonchev–Trinajstić information content (AvgIpc) is 3.58. The minimum atomic E-state index is -1.83. The molecule has 3 aliphatic heterocycles. The maximum absolute atomic E-state index is 14.9. The predicted octanol–water partition coefficient (Wildman–Crippen LogP) is -0.123. The SMILES string of the molecule is COc1ccc2c(c1F)C(=O)N(CC1(c3cc4cc(C5(C)NC(O)NC5=O)cnc4o3)NC(=O)NC1=O)C2. The lowest BCUT2D eigenvalue weighted by atomic mass is 9.92. The van der Waals surface area contributed by atoms with Crippen LogP contribution in [-0.4, -0.2) is 58.7 Å². The van der Waals surface area contributed by atoms with Crippen LogP contribution >= 0.6 is 0 Å². The third-order valence-corrected chi connectivity index (χ3v) is 7.16. The molecule has 0 bridgehead atoms. The molecule has 0 saturated carbocycles. The minimum Gasteiger partial charge on any atom is -0.494 e. The summed E-state index contributed by atoms with van der Waals surface area (Å²) < 4.78 is 25.7. The van der Waals surface area contributed by atoms with Crippen LogP contribution in [0, 0.1) is 5.82 Å². The van der Waals surface area contributed by atoms with Crippen LogP contribution in [0.1, 0.15) is 34.2 Å².